The third kappa shape index (κ3) is 6.78. The summed E-state index contributed by atoms with van der Waals surface area (Å²) in [6, 6.07) is 22.1. The molecule has 57 heavy (non-hydrogen) atoms. The van der Waals surface area contributed by atoms with E-state index >= 15 is 0 Å². The highest BCUT2D eigenvalue weighted by atomic mass is 79.9. The van der Waals surface area contributed by atoms with Gasteiger partial charge in [-0.05, 0) is 99.1 Å². The third-order valence-electron chi connectivity index (χ3n) is 13.8. The van der Waals surface area contributed by atoms with E-state index in [0.29, 0.717) is 40.2 Å². The summed E-state index contributed by atoms with van der Waals surface area (Å²) in [6.45, 7) is 4.81. The van der Waals surface area contributed by atoms with Gasteiger partial charge in [0.25, 0.3) is 0 Å². The Kier molecular flexibility index (Phi) is 10.7. The van der Waals surface area contributed by atoms with Gasteiger partial charge in [0.05, 0.1) is 35.3 Å². The predicted molar refractivity (Wildman–Crippen MR) is 221 cm³/mol. The van der Waals surface area contributed by atoms with Gasteiger partial charge in [-0.25, -0.2) is 0 Å². The lowest BCUT2D eigenvalue weighted by molar-refractivity contribution is -0.146. The number of methoxy groups -OCH3 is 1. The average Bonchev–Trinajstić information content (AvgIpc) is 3.64. The number of carbonyl (C=O) groups is 4. The zero-order valence-corrected chi connectivity index (χ0v) is 35.2. The quantitative estimate of drug-likeness (QED) is 0.193. The van der Waals surface area contributed by atoms with Crippen molar-refractivity contribution < 1.29 is 29.0 Å². The number of aromatic hydroxyl groups is 1. The predicted octanol–water partition coefficient (Wildman–Crippen LogP) is 6.89. The number of allylic oxidation sites excluding steroid dienone is 2. The zero-order valence-electron chi connectivity index (χ0n) is 32.1. The summed E-state index contributed by atoms with van der Waals surface area (Å²) in [6.07, 6.45) is 5.67. The van der Waals surface area contributed by atoms with Crippen molar-refractivity contribution in [2.75, 3.05) is 33.3 Å². The molecule has 6 atom stereocenters. The lowest BCUT2D eigenvalue weighted by Gasteiger charge is -2.44. The normalized spacial score (nSPS) is 28.7. The second kappa shape index (κ2) is 15.7. The van der Waals surface area contributed by atoms with Crippen LogP contribution in [0.25, 0.3) is 0 Å². The van der Waals surface area contributed by atoms with Gasteiger partial charge in [-0.2, -0.15) is 0 Å². The zero-order chi connectivity index (χ0) is 39.5. The Balaban J connectivity index is 1.00. The average molecular weight is 901 g/mol. The maximum atomic E-state index is 14.9. The molecule has 0 spiro atoms. The number of carbonyl (C=O) groups excluding carboxylic acids is 4. The van der Waals surface area contributed by atoms with Crippen LogP contribution in [0, 0.1) is 29.6 Å². The molecular weight excluding hydrogens is 852 g/mol. The molecule has 0 radical (unpaired) electrons. The fraction of sp³-hybridized carbons (Fsp3) is 0.467. The standard InChI is InChI=1S/C45H48Br2N4O6/c1-57-35-23-33(39(46)40(47)41(35)52)36-30-12-13-31-37(44(55)50(42(31)53)28-14-18-48(19-15-28)24-26-8-4-2-5-9-26)32(30)22-34-38(36)45(56)51(43(34)54)29-16-20-49(21-17-29)25-27-10-6-3-7-11-27/h2-12,23,28-29,31-32,34,36-38,52H,13-22,24-25H2,1H3. The van der Waals surface area contributed by atoms with E-state index in [1.165, 1.54) is 18.2 Å². The molecule has 298 valence electrons. The molecule has 0 bridgehead atoms. The summed E-state index contributed by atoms with van der Waals surface area (Å²) in [5.74, 6) is -3.78. The van der Waals surface area contributed by atoms with Crippen LogP contribution < -0.4 is 4.74 Å². The van der Waals surface area contributed by atoms with Gasteiger partial charge in [0.1, 0.15) is 0 Å². The number of hydrogen-bond donors (Lipinski definition) is 1. The van der Waals surface area contributed by atoms with E-state index in [1.54, 1.807) is 15.9 Å². The molecular formula is C45H48Br2N4O6. The number of hydrogen-bond acceptors (Lipinski definition) is 8. The van der Waals surface area contributed by atoms with Crippen LogP contribution in [0.1, 0.15) is 61.1 Å². The largest absolute Gasteiger partial charge is 0.503 e. The minimum atomic E-state index is -0.686. The summed E-state index contributed by atoms with van der Waals surface area (Å²) in [5, 5.41) is 10.9. The second-order valence-electron chi connectivity index (χ2n) is 16.7. The van der Waals surface area contributed by atoms with Crippen LogP contribution in [0.2, 0.25) is 0 Å². The molecule has 2 aliphatic carbocycles. The van der Waals surface area contributed by atoms with Gasteiger partial charge < -0.3 is 9.84 Å². The molecule has 1 saturated carbocycles. The molecule has 10 nitrogen and oxygen atoms in total. The van der Waals surface area contributed by atoms with E-state index in [2.05, 4.69) is 72.0 Å². The monoisotopic (exact) mass is 898 g/mol. The first-order chi connectivity index (χ1) is 27.6. The number of nitrogens with zero attached hydrogens (tertiary/aromatic N) is 4. The van der Waals surface area contributed by atoms with Crippen LogP contribution in [0.3, 0.4) is 0 Å². The molecule has 9 rings (SSSR count). The number of imide groups is 2. The van der Waals surface area contributed by atoms with E-state index in [-0.39, 0.29) is 53.1 Å². The molecule has 12 heteroatoms. The van der Waals surface area contributed by atoms with Crippen molar-refractivity contribution in [3.8, 4) is 11.5 Å². The van der Waals surface area contributed by atoms with Crippen LogP contribution in [0.5, 0.6) is 11.5 Å². The Labute approximate surface area is 350 Å². The SMILES string of the molecule is COc1cc(C2C3=CCC4C(=O)N(C5CCN(Cc6ccccc6)CC5)C(=O)C4C3CC3C(=O)N(C4CCN(Cc5ccccc5)CC4)C(=O)C32)c(Br)c(Br)c1O. The van der Waals surface area contributed by atoms with Gasteiger partial charge in [-0.3, -0.25) is 38.8 Å². The summed E-state index contributed by atoms with van der Waals surface area (Å²) in [5.41, 5.74) is 4.12. The highest BCUT2D eigenvalue weighted by Gasteiger charge is 2.63. The van der Waals surface area contributed by atoms with Crippen LogP contribution in [-0.4, -0.2) is 93.7 Å². The molecule has 4 saturated heterocycles. The van der Waals surface area contributed by atoms with Crippen molar-refractivity contribution in [3.63, 3.8) is 0 Å². The summed E-state index contributed by atoms with van der Waals surface area (Å²) >= 11 is 7.28. The molecule has 5 fully saturated rings. The molecule has 4 heterocycles. The van der Waals surface area contributed by atoms with Gasteiger partial charge in [0.15, 0.2) is 11.5 Å². The second-order valence-corrected chi connectivity index (χ2v) is 18.3. The molecule has 6 aliphatic rings. The first-order valence-corrected chi connectivity index (χ1v) is 21.9. The van der Waals surface area contributed by atoms with Crippen LogP contribution >= 0.6 is 31.9 Å². The lowest BCUT2D eigenvalue weighted by Crippen LogP contribution is -2.48. The van der Waals surface area contributed by atoms with Gasteiger partial charge in [0, 0.05) is 61.7 Å². The number of fused-ring (bicyclic) bond motifs is 4. The Morgan fingerprint density at radius 1 is 0.667 bits per heavy atom. The highest BCUT2D eigenvalue weighted by Crippen LogP contribution is 2.60. The van der Waals surface area contributed by atoms with E-state index < -0.39 is 29.6 Å². The minimum Gasteiger partial charge on any atom is -0.503 e. The number of ether oxygens (including phenoxy) is 1. The number of halogens is 2. The maximum absolute atomic E-state index is 14.9. The van der Waals surface area contributed by atoms with Crippen LogP contribution in [0.15, 0.2) is 87.3 Å². The number of rotatable bonds is 8. The molecule has 3 aromatic carbocycles. The first-order valence-electron chi connectivity index (χ1n) is 20.4. The molecule has 4 aliphatic heterocycles. The van der Waals surface area contributed by atoms with Gasteiger partial charge in [-0.15, -0.1) is 0 Å². The van der Waals surface area contributed by atoms with Crippen LogP contribution in [0.4, 0.5) is 0 Å². The van der Waals surface area contributed by atoms with Gasteiger partial charge >= 0.3 is 0 Å². The summed E-state index contributed by atoms with van der Waals surface area (Å²) < 4.78 is 6.56. The number of phenolic OH excluding ortho intramolecular Hbond substituents is 1. The maximum Gasteiger partial charge on any atom is 0.234 e. The number of likely N-dealkylation sites (tertiary alicyclic amines) is 4. The van der Waals surface area contributed by atoms with Crippen molar-refractivity contribution in [1.82, 2.24) is 19.6 Å². The fourth-order valence-electron chi connectivity index (χ4n) is 11.1. The first kappa shape index (κ1) is 38.7. The highest BCUT2D eigenvalue weighted by molar-refractivity contribution is 9.13. The Morgan fingerprint density at radius 2 is 1.18 bits per heavy atom. The van der Waals surface area contributed by atoms with E-state index in [4.69, 9.17) is 4.74 Å². The Hall–Kier alpha value is -3.84. The fourth-order valence-corrected chi connectivity index (χ4v) is 12.0. The van der Waals surface area contributed by atoms with Crippen molar-refractivity contribution in [3.05, 3.63) is 104 Å². The van der Waals surface area contributed by atoms with E-state index in [1.807, 2.05) is 36.4 Å². The van der Waals surface area contributed by atoms with Crippen molar-refractivity contribution in [2.24, 2.45) is 29.6 Å². The third-order valence-corrected chi connectivity index (χ3v) is 15.9. The molecule has 6 unspecified atom stereocenters. The number of amides is 4. The Morgan fingerprint density at radius 3 is 1.70 bits per heavy atom. The number of phenols is 1. The number of piperidine rings is 2. The summed E-state index contributed by atoms with van der Waals surface area (Å²) in [4.78, 5) is 66.5. The van der Waals surface area contributed by atoms with Gasteiger partial charge in [-0.1, -0.05) is 72.3 Å². The Bertz CT molecular complexity index is 2100. The molecule has 1 N–H and O–H groups in total. The minimum absolute atomic E-state index is 0.0746. The number of benzene rings is 3. The van der Waals surface area contributed by atoms with Crippen LogP contribution in [-0.2, 0) is 32.3 Å². The summed E-state index contributed by atoms with van der Waals surface area (Å²) in [7, 11) is 1.48. The molecule has 3 aromatic rings. The van der Waals surface area contributed by atoms with E-state index in [0.717, 1.165) is 57.7 Å². The molecule has 4 amide bonds. The van der Waals surface area contributed by atoms with Crippen molar-refractivity contribution >= 4 is 55.5 Å². The van der Waals surface area contributed by atoms with Crippen molar-refractivity contribution in [1.29, 1.82) is 0 Å². The lowest BCUT2D eigenvalue weighted by atomic mass is 9.57. The smallest absolute Gasteiger partial charge is 0.234 e. The molecule has 0 aromatic heterocycles. The topological polar surface area (TPSA) is 111 Å². The van der Waals surface area contributed by atoms with Gasteiger partial charge in [0.2, 0.25) is 23.6 Å². The van der Waals surface area contributed by atoms with E-state index in [9.17, 15) is 24.3 Å². The van der Waals surface area contributed by atoms with Crippen molar-refractivity contribution in [2.45, 2.75) is 69.6 Å².